The van der Waals surface area contributed by atoms with Gasteiger partial charge in [0.05, 0.1) is 17.4 Å². The van der Waals surface area contributed by atoms with Gasteiger partial charge in [0.25, 0.3) is 5.91 Å². The number of pyridine rings is 1. The van der Waals surface area contributed by atoms with Crippen LogP contribution in [0.4, 0.5) is 15.8 Å². The molecule has 2 aromatic carbocycles. The van der Waals surface area contributed by atoms with E-state index in [9.17, 15) is 9.18 Å². The molecule has 0 saturated carbocycles. The second-order valence-corrected chi connectivity index (χ2v) is 6.88. The van der Waals surface area contributed by atoms with Crippen molar-refractivity contribution < 1.29 is 13.9 Å². The number of anilines is 2. The van der Waals surface area contributed by atoms with Gasteiger partial charge < -0.3 is 15.4 Å². The molecular weight excluding hydrogens is 369 g/mol. The number of aromatic nitrogens is 1. The van der Waals surface area contributed by atoms with Crippen molar-refractivity contribution in [3.63, 3.8) is 0 Å². The average molecular weight is 393 g/mol. The number of nitrogens with zero attached hydrogens (tertiary/aromatic N) is 1. The molecule has 0 fully saturated rings. The molecule has 0 aliphatic rings. The lowest BCUT2D eigenvalue weighted by molar-refractivity contribution is 0.102. The highest BCUT2D eigenvalue weighted by Crippen LogP contribution is 2.18. The van der Waals surface area contributed by atoms with Gasteiger partial charge in [0.2, 0.25) is 0 Å². The second kappa shape index (κ2) is 9.68. The summed E-state index contributed by atoms with van der Waals surface area (Å²) in [7, 11) is 0. The monoisotopic (exact) mass is 393 g/mol. The number of halogens is 1. The fourth-order valence-electron chi connectivity index (χ4n) is 2.80. The van der Waals surface area contributed by atoms with E-state index >= 15 is 0 Å². The fourth-order valence-corrected chi connectivity index (χ4v) is 2.80. The van der Waals surface area contributed by atoms with Gasteiger partial charge in [-0.05, 0) is 62.2 Å². The van der Waals surface area contributed by atoms with Gasteiger partial charge in [0, 0.05) is 24.6 Å². The van der Waals surface area contributed by atoms with Crippen LogP contribution < -0.4 is 15.4 Å². The van der Waals surface area contributed by atoms with Crippen LogP contribution in [0.1, 0.15) is 29.8 Å². The normalized spacial score (nSPS) is 10.6. The van der Waals surface area contributed by atoms with E-state index in [4.69, 9.17) is 4.74 Å². The van der Waals surface area contributed by atoms with E-state index < -0.39 is 0 Å². The van der Waals surface area contributed by atoms with Crippen LogP contribution >= 0.6 is 0 Å². The molecule has 0 bridgehead atoms. The molecule has 1 aromatic heterocycles. The Morgan fingerprint density at radius 2 is 1.83 bits per heavy atom. The van der Waals surface area contributed by atoms with Crippen LogP contribution in [0, 0.1) is 5.82 Å². The topological polar surface area (TPSA) is 63.2 Å². The Morgan fingerprint density at radius 1 is 1.07 bits per heavy atom. The van der Waals surface area contributed by atoms with Crippen molar-refractivity contribution in [2.75, 3.05) is 17.2 Å². The maximum Gasteiger partial charge on any atom is 0.257 e. The number of hydrogen-bond acceptors (Lipinski definition) is 4. The molecule has 0 unspecified atom stereocenters. The summed E-state index contributed by atoms with van der Waals surface area (Å²) in [4.78, 5) is 16.6. The zero-order chi connectivity index (χ0) is 20.6. The molecule has 1 amide bonds. The first-order valence-electron chi connectivity index (χ1n) is 9.51. The minimum absolute atomic E-state index is 0.0927. The highest BCUT2D eigenvalue weighted by atomic mass is 19.1. The molecule has 1 heterocycles. The van der Waals surface area contributed by atoms with Crippen molar-refractivity contribution in [1.82, 2.24) is 4.98 Å². The van der Waals surface area contributed by atoms with Gasteiger partial charge in [-0.25, -0.2) is 4.39 Å². The third-order valence-electron chi connectivity index (χ3n) is 4.17. The summed E-state index contributed by atoms with van der Waals surface area (Å²) in [5.74, 6) is 0.277. The molecule has 2 N–H and O–H groups in total. The maximum atomic E-state index is 13.7. The predicted octanol–water partition coefficient (Wildman–Crippen LogP) is 4.91. The summed E-state index contributed by atoms with van der Waals surface area (Å²) in [5, 5.41) is 6.02. The number of ether oxygens (including phenoxy) is 1. The van der Waals surface area contributed by atoms with Crippen molar-refractivity contribution in [3.05, 3.63) is 83.9 Å². The molecule has 0 aliphatic carbocycles. The highest BCUT2D eigenvalue weighted by Gasteiger charge is 2.08. The number of carbonyl (C=O) groups is 1. The number of benzene rings is 2. The third kappa shape index (κ3) is 6.04. The van der Waals surface area contributed by atoms with Crippen molar-refractivity contribution in [2.24, 2.45) is 0 Å². The maximum absolute atomic E-state index is 13.7. The van der Waals surface area contributed by atoms with Crippen molar-refractivity contribution >= 4 is 17.3 Å². The summed E-state index contributed by atoms with van der Waals surface area (Å²) in [6.45, 7) is 4.45. The summed E-state index contributed by atoms with van der Waals surface area (Å²) >= 11 is 0. The van der Waals surface area contributed by atoms with E-state index in [1.165, 1.54) is 12.3 Å². The van der Waals surface area contributed by atoms with Crippen molar-refractivity contribution in [2.45, 2.75) is 26.4 Å². The summed E-state index contributed by atoms with van der Waals surface area (Å²) in [5.41, 5.74) is 2.45. The Bertz CT molecular complexity index is 958. The van der Waals surface area contributed by atoms with Crippen LogP contribution in [0.25, 0.3) is 0 Å². The van der Waals surface area contributed by atoms with E-state index in [1.807, 2.05) is 32.0 Å². The first-order chi connectivity index (χ1) is 14.0. The Morgan fingerprint density at radius 3 is 2.55 bits per heavy atom. The van der Waals surface area contributed by atoms with E-state index in [0.717, 1.165) is 5.75 Å². The largest absolute Gasteiger partial charge is 0.491 e. The molecule has 3 rings (SSSR count). The van der Waals surface area contributed by atoms with Crippen molar-refractivity contribution in [3.8, 4) is 5.75 Å². The van der Waals surface area contributed by atoms with Gasteiger partial charge in [-0.1, -0.05) is 18.2 Å². The molecule has 0 radical (unpaired) electrons. The fraction of sp³-hybridized carbons (Fsp3) is 0.217. The third-order valence-corrected chi connectivity index (χ3v) is 4.17. The van der Waals surface area contributed by atoms with Crippen LogP contribution in [-0.4, -0.2) is 23.5 Å². The number of nitrogens with one attached hydrogen (secondary N) is 2. The van der Waals surface area contributed by atoms with Crippen LogP contribution in [0.3, 0.4) is 0 Å². The van der Waals surface area contributed by atoms with Gasteiger partial charge in [-0.15, -0.1) is 0 Å². The van der Waals surface area contributed by atoms with Gasteiger partial charge in [0.15, 0.2) is 0 Å². The lowest BCUT2D eigenvalue weighted by Gasteiger charge is -2.11. The minimum atomic E-state index is -0.257. The first kappa shape index (κ1) is 20.3. The minimum Gasteiger partial charge on any atom is -0.491 e. The number of amides is 1. The number of carbonyl (C=O) groups excluding carboxylic acids is 1. The van der Waals surface area contributed by atoms with E-state index in [-0.39, 0.29) is 17.8 Å². The lowest BCUT2D eigenvalue weighted by atomic mass is 10.1. The standard InChI is InChI=1S/C23H24FN3O2/c1-16(2)29-21-9-7-19(8-10-21)27-23(28)18-13-20(15-25-14-18)26-12-11-17-5-3-4-6-22(17)24/h3-10,13-16,26H,11-12H2,1-2H3,(H,27,28). The Hall–Kier alpha value is -3.41. The van der Waals surface area contributed by atoms with Crippen LogP contribution in [0.2, 0.25) is 0 Å². The molecule has 0 aliphatic heterocycles. The molecule has 6 heteroatoms. The SMILES string of the molecule is CC(C)Oc1ccc(NC(=O)c2cncc(NCCc3ccccc3F)c2)cc1. The zero-order valence-electron chi connectivity index (χ0n) is 16.5. The second-order valence-electron chi connectivity index (χ2n) is 6.88. The van der Waals surface area contributed by atoms with Crippen LogP contribution in [0.5, 0.6) is 5.75 Å². The summed E-state index contributed by atoms with van der Waals surface area (Å²) in [6, 6.07) is 15.6. The van der Waals surface area contributed by atoms with Gasteiger partial charge >= 0.3 is 0 Å². The molecule has 0 spiro atoms. The number of rotatable bonds is 8. The average Bonchev–Trinajstić information content (AvgIpc) is 2.71. The van der Waals surface area contributed by atoms with E-state index in [1.54, 1.807) is 36.5 Å². The Labute approximate surface area is 169 Å². The van der Waals surface area contributed by atoms with Gasteiger partial charge in [0.1, 0.15) is 11.6 Å². The van der Waals surface area contributed by atoms with Gasteiger partial charge in [-0.2, -0.15) is 0 Å². The zero-order valence-corrected chi connectivity index (χ0v) is 16.5. The number of hydrogen-bond donors (Lipinski definition) is 2. The Balaban J connectivity index is 1.57. The Kier molecular flexibility index (Phi) is 6.79. The highest BCUT2D eigenvalue weighted by molar-refractivity contribution is 6.04. The first-order valence-corrected chi connectivity index (χ1v) is 9.51. The molecule has 0 atom stereocenters. The smallest absolute Gasteiger partial charge is 0.257 e. The van der Waals surface area contributed by atoms with Crippen LogP contribution in [0.15, 0.2) is 67.0 Å². The molecule has 150 valence electrons. The predicted molar refractivity (Wildman–Crippen MR) is 113 cm³/mol. The summed E-state index contributed by atoms with van der Waals surface area (Å²) < 4.78 is 19.3. The van der Waals surface area contributed by atoms with E-state index in [2.05, 4.69) is 15.6 Å². The summed E-state index contributed by atoms with van der Waals surface area (Å²) in [6.07, 6.45) is 3.77. The van der Waals surface area contributed by atoms with E-state index in [0.29, 0.717) is 35.5 Å². The quantitative estimate of drug-likeness (QED) is 0.570. The molecular formula is C23H24FN3O2. The van der Waals surface area contributed by atoms with Crippen molar-refractivity contribution in [1.29, 1.82) is 0 Å². The van der Waals surface area contributed by atoms with Crippen LogP contribution in [-0.2, 0) is 6.42 Å². The molecule has 3 aromatic rings. The van der Waals surface area contributed by atoms with Gasteiger partial charge in [-0.3, -0.25) is 9.78 Å². The molecule has 0 saturated heterocycles. The molecule has 29 heavy (non-hydrogen) atoms. The molecule has 5 nitrogen and oxygen atoms in total. The lowest BCUT2D eigenvalue weighted by Crippen LogP contribution is -2.13.